The van der Waals surface area contributed by atoms with Crippen LogP contribution in [-0.2, 0) is 17.8 Å². The topological polar surface area (TPSA) is 54.9 Å². The summed E-state index contributed by atoms with van der Waals surface area (Å²) in [7, 11) is 0. The molecule has 0 aliphatic heterocycles. The Labute approximate surface area is 120 Å². The second-order valence-corrected chi connectivity index (χ2v) is 5.42. The van der Waals surface area contributed by atoms with Crippen molar-refractivity contribution in [2.75, 3.05) is 0 Å². The van der Waals surface area contributed by atoms with Crippen molar-refractivity contribution in [2.24, 2.45) is 0 Å². The summed E-state index contributed by atoms with van der Waals surface area (Å²) in [6.45, 7) is 0.405. The second-order valence-electron chi connectivity index (χ2n) is 4.38. The lowest BCUT2D eigenvalue weighted by molar-refractivity contribution is -0.120. The van der Waals surface area contributed by atoms with Gasteiger partial charge in [0.05, 0.1) is 35.9 Å². The summed E-state index contributed by atoms with van der Waals surface area (Å²) in [5.74, 6) is 0.00223. The zero-order valence-electron chi connectivity index (χ0n) is 10.7. The maximum Gasteiger partial charge on any atom is 0.225 e. The molecule has 1 aromatic carbocycles. The molecule has 0 unspecified atom stereocenters. The van der Waals surface area contributed by atoms with Gasteiger partial charge in [-0.2, -0.15) is 0 Å². The molecule has 1 amide bonds. The number of aromatic nitrogens is 2. The van der Waals surface area contributed by atoms with Crippen LogP contribution in [0.5, 0.6) is 0 Å². The van der Waals surface area contributed by atoms with Gasteiger partial charge in [-0.05, 0) is 23.6 Å². The average Bonchev–Trinajstić information content (AvgIpc) is 2.98. The molecule has 3 rings (SSSR count). The molecule has 0 bridgehead atoms. The maximum atomic E-state index is 11.8. The highest BCUT2D eigenvalue weighted by molar-refractivity contribution is 7.10. The van der Waals surface area contributed by atoms with Crippen LogP contribution in [0.4, 0.5) is 0 Å². The molecule has 0 aliphatic carbocycles. The number of carbonyl (C=O) groups excluding carboxylic acids is 1. The van der Waals surface area contributed by atoms with Gasteiger partial charge in [0.25, 0.3) is 0 Å². The lowest BCUT2D eigenvalue weighted by atomic mass is 10.3. The van der Waals surface area contributed by atoms with Crippen molar-refractivity contribution in [3.63, 3.8) is 0 Å². The predicted octanol–water partition coefficient (Wildman–Crippen LogP) is 2.55. The van der Waals surface area contributed by atoms with E-state index < -0.39 is 0 Å². The van der Waals surface area contributed by atoms with Crippen LogP contribution in [0.2, 0.25) is 0 Å². The number of fused-ring (bicyclic) bond motifs is 1. The molecular formula is C15H13N3OS. The third-order valence-corrected chi connectivity index (χ3v) is 3.76. The zero-order valence-corrected chi connectivity index (χ0v) is 11.6. The molecule has 100 valence electrons. The maximum absolute atomic E-state index is 11.8. The molecule has 4 nitrogen and oxygen atoms in total. The number of amides is 1. The Bertz CT molecular complexity index is 725. The first-order valence-corrected chi connectivity index (χ1v) is 7.19. The summed E-state index contributed by atoms with van der Waals surface area (Å²) >= 11 is 1.59. The monoisotopic (exact) mass is 283 g/mol. The van der Waals surface area contributed by atoms with Crippen LogP contribution < -0.4 is 5.32 Å². The second kappa shape index (κ2) is 5.79. The Morgan fingerprint density at radius 2 is 2.00 bits per heavy atom. The quantitative estimate of drug-likeness (QED) is 0.800. The minimum absolute atomic E-state index is 0.00223. The Morgan fingerprint density at radius 1 is 1.15 bits per heavy atom. The Balaban J connectivity index is 1.63. The van der Waals surface area contributed by atoms with Crippen LogP contribution in [0.25, 0.3) is 11.0 Å². The molecule has 2 aromatic heterocycles. The summed E-state index contributed by atoms with van der Waals surface area (Å²) < 4.78 is 0. The Hall–Kier alpha value is -2.27. The van der Waals surface area contributed by atoms with Gasteiger partial charge in [-0.3, -0.25) is 9.78 Å². The Morgan fingerprint density at radius 3 is 2.80 bits per heavy atom. The smallest absolute Gasteiger partial charge is 0.225 e. The van der Waals surface area contributed by atoms with Crippen LogP contribution in [0.15, 0.2) is 48.0 Å². The van der Waals surface area contributed by atoms with E-state index in [1.807, 2.05) is 41.8 Å². The highest BCUT2D eigenvalue weighted by Gasteiger charge is 2.05. The van der Waals surface area contributed by atoms with Gasteiger partial charge >= 0.3 is 0 Å². The molecule has 0 aliphatic rings. The van der Waals surface area contributed by atoms with Gasteiger partial charge in [-0.15, -0.1) is 11.3 Å². The van der Waals surface area contributed by atoms with Crippen molar-refractivity contribution >= 4 is 28.3 Å². The molecule has 0 spiro atoms. The summed E-state index contributed by atoms with van der Waals surface area (Å²) in [4.78, 5) is 21.6. The van der Waals surface area contributed by atoms with E-state index in [-0.39, 0.29) is 5.91 Å². The number of nitrogens with zero attached hydrogens (tertiary/aromatic N) is 2. The lowest BCUT2D eigenvalue weighted by Crippen LogP contribution is -2.24. The molecule has 5 heteroatoms. The summed E-state index contributed by atoms with van der Waals surface area (Å²) in [5.41, 5.74) is 2.47. The number of hydrogen-bond acceptors (Lipinski definition) is 4. The third-order valence-electron chi connectivity index (χ3n) is 2.88. The fourth-order valence-electron chi connectivity index (χ4n) is 1.90. The fraction of sp³-hybridized carbons (Fsp3) is 0.133. The van der Waals surface area contributed by atoms with Crippen LogP contribution in [0.3, 0.4) is 0 Å². The van der Waals surface area contributed by atoms with E-state index in [1.165, 1.54) is 0 Å². The van der Waals surface area contributed by atoms with Crippen molar-refractivity contribution in [1.29, 1.82) is 0 Å². The van der Waals surface area contributed by atoms with Gasteiger partial charge in [-0.1, -0.05) is 18.2 Å². The van der Waals surface area contributed by atoms with Gasteiger partial charge in [0.1, 0.15) is 0 Å². The molecule has 3 aromatic rings. The molecule has 0 saturated carbocycles. The van der Waals surface area contributed by atoms with E-state index in [0.29, 0.717) is 13.0 Å². The molecule has 1 N–H and O–H groups in total. The minimum atomic E-state index is 0.00223. The molecule has 0 atom stereocenters. The summed E-state index contributed by atoms with van der Waals surface area (Å²) in [6.07, 6.45) is 2.12. The van der Waals surface area contributed by atoms with Gasteiger partial charge in [0, 0.05) is 4.88 Å². The minimum Gasteiger partial charge on any atom is -0.350 e. The largest absolute Gasteiger partial charge is 0.350 e. The number of thiophene rings is 1. The number of nitrogens with one attached hydrogen (secondary N) is 1. The normalized spacial score (nSPS) is 10.6. The van der Waals surface area contributed by atoms with Crippen LogP contribution in [0, 0.1) is 0 Å². The van der Waals surface area contributed by atoms with Crippen molar-refractivity contribution in [2.45, 2.75) is 13.0 Å². The van der Waals surface area contributed by atoms with Crippen molar-refractivity contribution in [3.05, 3.63) is 58.5 Å². The Kier molecular flexibility index (Phi) is 3.69. The fourth-order valence-corrected chi connectivity index (χ4v) is 2.61. The SMILES string of the molecule is O=C(Cc1cccs1)NCc1cnc2ccccc2n1. The van der Waals surface area contributed by atoms with E-state index >= 15 is 0 Å². The van der Waals surface area contributed by atoms with Gasteiger partial charge in [-0.25, -0.2) is 4.98 Å². The predicted molar refractivity (Wildman–Crippen MR) is 79.4 cm³/mol. The van der Waals surface area contributed by atoms with E-state index in [9.17, 15) is 4.79 Å². The molecule has 0 saturated heterocycles. The van der Waals surface area contributed by atoms with Crippen LogP contribution in [0.1, 0.15) is 10.6 Å². The van der Waals surface area contributed by atoms with E-state index in [0.717, 1.165) is 21.6 Å². The number of hydrogen-bond donors (Lipinski definition) is 1. The van der Waals surface area contributed by atoms with Gasteiger partial charge in [0.15, 0.2) is 0 Å². The first kappa shape index (κ1) is 12.7. The third kappa shape index (κ3) is 3.00. The average molecular weight is 283 g/mol. The van der Waals surface area contributed by atoms with Gasteiger partial charge in [0.2, 0.25) is 5.91 Å². The number of para-hydroxylation sites is 2. The van der Waals surface area contributed by atoms with Gasteiger partial charge < -0.3 is 5.32 Å². The van der Waals surface area contributed by atoms with Crippen molar-refractivity contribution in [3.8, 4) is 0 Å². The molecule has 0 radical (unpaired) electrons. The van der Waals surface area contributed by atoms with Crippen LogP contribution >= 0.6 is 11.3 Å². The van der Waals surface area contributed by atoms with Crippen LogP contribution in [-0.4, -0.2) is 15.9 Å². The molecule has 2 heterocycles. The number of rotatable bonds is 4. The first-order chi connectivity index (χ1) is 9.81. The first-order valence-electron chi connectivity index (χ1n) is 6.31. The highest BCUT2D eigenvalue weighted by atomic mass is 32.1. The van der Waals surface area contributed by atoms with E-state index in [1.54, 1.807) is 17.5 Å². The number of benzene rings is 1. The molecule has 20 heavy (non-hydrogen) atoms. The standard InChI is InChI=1S/C15H13N3OS/c19-15(8-12-4-3-7-20-12)17-10-11-9-16-13-5-1-2-6-14(13)18-11/h1-7,9H,8,10H2,(H,17,19). The summed E-state index contributed by atoms with van der Waals surface area (Å²) in [5, 5.41) is 4.84. The molecule has 0 fully saturated rings. The van der Waals surface area contributed by atoms with Crippen molar-refractivity contribution in [1.82, 2.24) is 15.3 Å². The zero-order chi connectivity index (χ0) is 13.8. The molecular weight excluding hydrogens is 270 g/mol. The van der Waals surface area contributed by atoms with Crippen molar-refractivity contribution < 1.29 is 4.79 Å². The van der Waals surface area contributed by atoms with E-state index in [2.05, 4.69) is 15.3 Å². The van der Waals surface area contributed by atoms with E-state index in [4.69, 9.17) is 0 Å². The highest BCUT2D eigenvalue weighted by Crippen LogP contribution is 2.10. The number of carbonyl (C=O) groups is 1. The summed E-state index contributed by atoms with van der Waals surface area (Å²) in [6, 6.07) is 11.6. The lowest BCUT2D eigenvalue weighted by Gasteiger charge is -2.04.